The number of nitrogens with one attached hydrogen (secondary N) is 1. The van der Waals surface area contributed by atoms with Gasteiger partial charge in [0.1, 0.15) is 0 Å². The van der Waals surface area contributed by atoms with Crippen LogP contribution < -0.4 is 11.3 Å². The molecule has 0 aliphatic rings. The van der Waals surface area contributed by atoms with Gasteiger partial charge in [-0.2, -0.15) is 0 Å². The van der Waals surface area contributed by atoms with Crippen molar-refractivity contribution in [1.29, 1.82) is 0 Å². The standard InChI is InChI=1S/C15H23ClN2/c1-2-3-4-5-6-10-15(18-17)12-13-8-7-9-14(16)11-13/h2,7-9,11,15,18H,1,3-6,10,12,17H2. The molecule has 0 radical (unpaired) electrons. The molecule has 1 aromatic carbocycles. The van der Waals surface area contributed by atoms with Crippen LogP contribution in [-0.4, -0.2) is 6.04 Å². The molecule has 0 saturated heterocycles. The summed E-state index contributed by atoms with van der Waals surface area (Å²) in [7, 11) is 0. The molecule has 0 aliphatic carbocycles. The van der Waals surface area contributed by atoms with Crippen LogP contribution in [0.3, 0.4) is 0 Å². The summed E-state index contributed by atoms with van der Waals surface area (Å²) in [6.45, 7) is 3.73. The summed E-state index contributed by atoms with van der Waals surface area (Å²) in [6.07, 6.45) is 8.76. The highest BCUT2D eigenvalue weighted by molar-refractivity contribution is 6.30. The van der Waals surface area contributed by atoms with Gasteiger partial charge in [-0.25, -0.2) is 0 Å². The molecule has 18 heavy (non-hydrogen) atoms. The Balaban J connectivity index is 2.30. The van der Waals surface area contributed by atoms with Crippen molar-refractivity contribution in [3.8, 4) is 0 Å². The normalized spacial score (nSPS) is 12.3. The van der Waals surface area contributed by atoms with Gasteiger partial charge in [-0.05, 0) is 43.4 Å². The lowest BCUT2D eigenvalue weighted by Crippen LogP contribution is -2.36. The van der Waals surface area contributed by atoms with Gasteiger partial charge in [0, 0.05) is 11.1 Å². The lowest BCUT2D eigenvalue weighted by atomic mass is 10.0. The Morgan fingerprint density at radius 2 is 2.17 bits per heavy atom. The van der Waals surface area contributed by atoms with Gasteiger partial charge in [0.25, 0.3) is 0 Å². The predicted molar refractivity (Wildman–Crippen MR) is 79.5 cm³/mol. The molecule has 3 heteroatoms. The van der Waals surface area contributed by atoms with Crippen LogP contribution >= 0.6 is 11.6 Å². The number of rotatable bonds is 9. The topological polar surface area (TPSA) is 38.0 Å². The maximum atomic E-state index is 5.97. The van der Waals surface area contributed by atoms with Crippen molar-refractivity contribution in [3.63, 3.8) is 0 Å². The summed E-state index contributed by atoms with van der Waals surface area (Å²) < 4.78 is 0. The van der Waals surface area contributed by atoms with Crippen LogP contribution in [0.4, 0.5) is 0 Å². The largest absolute Gasteiger partial charge is 0.271 e. The van der Waals surface area contributed by atoms with Crippen molar-refractivity contribution in [2.45, 2.75) is 44.6 Å². The Morgan fingerprint density at radius 1 is 1.33 bits per heavy atom. The number of hydrogen-bond acceptors (Lipinski definition) is 2. The van der Waals surface area contributed by atoms with Crippen molar-refractivity contribution < 1.29 is 0 Å². The van der Waals surface area contributed by atoms with Gasteiger partial charge in [0.2, 0.25) is 0 Å². The number of allylic oxidation sites excluding steroid dienone is 1. The highest BCUT2D eigenvalue weighted by Gasteiger charge is 2.07. The third-order valence-corrected chi connectivity index (χ3v) is 3.30. The summed E-state index contributed by atoms with van der Waals surface area (Å²) in [4.78, 5) is 0. The molecule has 0 heterocycles. The second kappa shape index (κ2) is 9.15. The predicted octanol–water partition coefficient (Wildman–Crippen LogP) is 3.85. The molecule has 1 aromatic rings. The number of hydrazine groups is 1. The Kier molecular flexibility index (Phi) is 7.74. The van der Waals surface area contributed by atoms with E-state index in [0.717, 1.165) is 24.3 Å². The van der Waals surface area contributed by atoms with Gasteiger partial charge >= 0.3 is 0 Å². The average molecular weight is 267 g/mol. The zero-order valence-corrected chi connectivity index (χ0v) is 11.6. The third-order valence-electron chi connectivity index (χ3n) is 3.07. The van der Waals surface area contributed by atoms with E-state index in [0.29, 0.717) is 6.04 Å². The van der Waals surface area contributed by atoms with Crippen molar-refractivity contribution in [1.82, 2.24) is 5.43 Å². The number of unbranched alkanes of at least 4 members (excludes halogenated alkanes) is 3. The molecular weight excluding hydrogens is 244 g/mol. The van der Waals surface area contributed by atoms with Gasteiger partial charge in [-0.15, -0.1) is 6.58 Å². The highest BCUT2D eigenvalue weighted by Crippen LogP contribution is 2.14. The van der Waals surface area contributed by atoms with Crippen LogP contribution in [0.25, 0.3) is 0 Å². The molecule has 1 atom stereocenters. The van der Waals surface area contributed by atoms with Crippen LogP contribution in [0.5, 0.6) is 0 Å². The minimum atomic E-state index is 0.326. The summed E-state index contributed by atoms with van der Waals surface area (Å²) in [5.41, 5.74) is 4.13. The molecule has 100 valence electrons. The van der Waals surface area contributed by atoms with Gasteiger partial charge < -0.3 is 0 Å². The first kappa shape index (κ1) is 15.2. The maximum absolute atomic E-state index is 5.97. The van der Waals surface area contributed by atoms with Gasteiger partial charge in [-0.3, -0.25) is 11.3 Å². The Hall–Kier alpha value is -0.830. The molecular formula is C15H23ClN2. The second-order valence-electron chi connectivity index (χ2n) is 4.62. The van der Waals surface area contributed by atoms with E-state index in [1.54, 1.807) is 0 Å². The van der Waals surface area contributed by atoms with Crippen LogP contribution in [0.2, 0.25) is 5.02 Å². The van der Waals surface area contributed by atoms with Gasteiger partial charge in [-0.1, -0.05) is 42.7 Å². The van der Waals surface area contributed by atoms with E-state index in [2.05, 4.69) is 18.1 Å². The minimum Gasteiger partial charge on any atom is -0.271 e. The van der Waals surface area contributed by atoms with E-state index in [4.69, 9.17) is 17.4 Å². The Morgan fingerprint density at radius 3 is 2.83 bits per heavy atom. The van der Waals surface area contributed by atoms with Gasteiger partial charge in [0.15, 0.2) is 0 Å². The number of nitrogens with two attached hydrogens (primary N) is 1. The molecule has 0 spiro atoms. The smallest absolute Gasteiger partial charge is 0.0408 e. The zero-order chi connectivity index (χ0) is 13.2. The van der Waals surface area contributed by atoms with E-state index in [9.17, 15) is 0 Å². The summed E-state index contributed by atoms with van der Waals surface area (Å²) in [5, 5.41) is 0.786. The van der Waals surface area contributed by atoms with Crippen LogP contribution in [0.1, 0.15) is 37.7 Å². The summed E-state index contributed by atoms with van der Waals surface area (Å²) >= 11 is 5.97. The third kappa shape index (κ3) is 6.20. The van der Waals surface area contributed by atoms with Crippen LogP contribution in [0, 0.1) is 0 Å². The maximum Gasteiger partial charge on any atom is 0.0408 e. The van der Waals surface area contributed by atoms with E-state index in [-0.39, 0.29) is 0 Å². The van der Waals surface area contributed by atoms with Crippen molar-refractivity contribution in [3.05, 3.63) is 47.5 Å². The molecule has 0 aliphatic heterocycles. The number of benzene rings is 1. The SMILES string of the molecule is C=CCCCCCC(Cc1cccc(Cl)c1)NN. The van der Waals surface area contributed by atoms with Crippen molar-refractivity contribution in [2.75, 3.05) is 0 Å². The molecule has 3 N–H and O–H groups in total. The second-order valence-corrected chi connectivity index (χ2v) is 5.06. The molecule has 0 fully saturated rings. The summed E-state index contributed by atoms with van der Waals surface area (Å²) in [5.74, 6) is 5.60. The first-order chi connectivity index (χ1) is 8.76. The van der Waals surface area contributed by atoms with E-state index >= 15 is 0 Å². The molecule has 1 rings (SSSR count). The van der Waals surface area contributed by atoms with Crippen molar-refractivity contribution in [2.24, 2.45) is 5.84 Å². The zero-order valence-electron chi connectivity index (χ0n) is 10.9. The number of halogens is 1. The van der Waals surface area contributed by atoms with Crippen LogP contribution in [-0.2, 0) is 6.42 Å². The molecule has 0 amide bonds. The molecule has 0 saturated carbocycles. The molecule has 0 bridgehead atoms. The minimum absolute atomic E-state index is 0.326. The molecule has 2 nitrogen and oxygen atoms in total. The molecule has 0 aromatic heterocycles. The fraction of sp³-hybridized carbons (Fsp3) is 0.467. The van der Waals surface area contributed by atoms with Crippen molar-refractivity contribution >= 4 is 11.6 Å². The number of hydrogen-bond donors (Lipinski definition) is 2. The van der Waals surface area contributed by atoms with E-state index in [1.165, 1.54) is 24.8 Å². The highest BCUT2D eigenvalue weighted by atomic mass is 35.5. The van der Waals surface area contributed by atoms with Gasteiger partial charge in [0.05, 0.1) is 0 Å². The first-order valence-corrected chi connectivity index (χ1v) is 6.95. The fourth-order valence-corrected chi connectivity index (χ4v) is 2.26. The fourth-order valence-electron chi connectivity index (χ4n) is 2.05. The lowest BCUT2D eigenvalue weighted by Gasteiger charge is -2.15. The molecule has 1 unspecified atom stereocenters. The monoisotopic (exact) mass is 266 g/mol. The summed E-state index contributed by atoms with van der Waals surface area (Å²) in [6, 6.07) is 8.30. The average Bonchev–Trinajstić information content (AvgIpc) is 2.37. The first-order valence-electron chi connectivity index (χ1n) is 6.57. The van der Waals surface area contributed by atoms with E-state index in [1.807, 2.05) is 24.3 Å². The van der Waals surface area contributed by atoms with E-state index < -0.39 is 0 Å². The quantitative estimate of drug-likeness (QED) is 0.308. The Labute approximate surface area is 115 Å². The van der Waals surface area contributed by atoms with Crippen LogP contribution in [0.15, 0.2) is 36.9 Å². The Bertz CT molecular complexity index is 352. The lowest BCUT2D eigenvalue weighted by molar-refractivity contribution is 0.464.